The zero-order valence-electron chi connectivity index (χ0n) is 6.23. The number of morpholine rings is 1. The lowest BCUT2D eigenvalue weighted by Gasteiger charge is -2.23. The maximum absolute atomic E-state index is 5.46. The highest BCUT2D eigenvalue weighted by Gasteiger charge is 2.13. The Morgan fingerprint density at radius 1 is 1.64 bits per heavy atom. The van der Waals surface area contributed by atoms with Crippen LogP contribution in [-0.2, 0) is 4.74 Å². The van der Waals surface area contributed by atoms with E-state index in [4.69, 9.17) is 4.74 Å². The van der Waals surface area contributed by atoms with Gasteiger partial charge < -0.3 is 10.1 Å². The van der Waals surface area contributed by atoms with E-state index in [2.05, 4.69) is 10.4 Å². The van der Waals surface area contributed by atoms with Gasteiger partial charge in [-0.15, -0.1) is 0 Å². The van der Waals surface area contributed by atoms with Gasteiger partial charge in [-0.25, -0.2) is 4.68 Å². The molecule has 2 rings (SSSR count). The molecular weight excluding hydrogens is 142 g/mol. The Kier molecular flexibility index (Phi) is 1.87. The van der Waals surface area contributed by atoms with Gasteiger partial charge in [0.15, 0.2) is 6.23 Å². The van der Waals surface area contributed by atoms with Crippen LogP contribution in [0.1, 0.15) is 6.23 Å². The van der Waals surface area contributed by atoms with Crippen molar-refractivity contribution in [2.75, 3.05) is 19.7 Å². The molecule has 4 nitrogen and oxygen atoms in total. The van der Waals surface area contributed by atoms with E-state index in [1.165, 1.54) is 0 Å². The minimum atomic E-state index is 0.0822. The minimum absolute atomic E-state index is 0.0822. The Morgan fingerprint density at radius 3 is 3.27 bits per heavy atom. The van der Waals surface area contributed by atoms with Crippen molar-refractivity contribution in [2.24, 2.45) is 0 Å². The molecule has 1 unspecified atom stereocenters. The molecule has 4 heteroatoms. The first-order valence-electron chi connectivity index (χ1n) is 3.78. The van der Waals surface area contributed by atoms with Gasteiger partial charge in [0, 0.05) is 25.5 Å². The topological polar surface area (TPSA) is 39.1 Å². The summed E-state index contributed by atoms with van der Waals surface area (Å²) in [6, 6.07) is 1.90. The molecule has 1 saturated heterocycles. The van der Waals surface area contributed by atoms with Crippen LogP contribution >= 0.6 is 0 Å². The molecule has 1 N–H and O–H groups in total. The van der Waals surface area contributed by atoms with E-state index in [0.717, 1.165) is 19.7 Å². The van der Waals surface area contributed by atoms with E-state index in [9.17, 15) is 0 Å². The third-order valence-electron chi connectivity index (χ3n) is 1.73. The maximum Gasteiger partial charge on any atom is 0.162 e. The summed E-state index contributed by atoms with van der Waals surface area (Å²) in [6.45, 7) is 2.56. The molecule has 0 aromatic carbocycles. The zero-order valence-corrected chi connectivity index (χ0v) is 6.23. The van der Waals surface area contributed by atoms with Crippen molar-refractivity contribution in [2.45, 2.75) is 6.23 Å². The zero-order chi connectivity index (χ0) is 7.52. The Morgan fingerprint density at radius 2 is 2.64 bits per heavy atom. The van der Waals surface area contributed by atoms with Gasteiger partial charge in [-0.2, -0.15) is 5.10 Å². The second-order valence-electron chi connectivity index (χ2n) is 2.52. The summed E-state index contributed by atoms with van der Waals surface area (Å²) >= 11 is 0. The van der Waals surface area contributed by atoms with Crippen LogP contribution in [0.15, 0.2) is 18.5 Å². The lowest BCUT2D eigenvalue weighted by Crippen LogP contribution is -2.36. The SMILES string of the molecule is c1cnn(C2CNCCO2)c1. The van der Waals surface area contributed by atoms with Crippen molar-refractivity contribution in [1.82, 2.24) is 15.1 Å². The molecule has 2 heterocycles. The maximum atomic E-state index is 5.46. The molecule has 11 heavy (non-hydrogen) atoms. The van der Waals surface area contributed by atoms with E-state index in [0.29, 0.717) is 0 Å². The molecule has 0 saturated carbocycles. The van der Waals surface area contributed by atoms with Crippen LogP contribution in [0.3, 0.4) is 0 Å². The number of rotatable bonds is 1. The lowest BCUT2D eigenvalue weighted by atomic mass is 10.4. The smallest absolute Gasteiger partial charge is 0.162 e. The molecule has 60 valence electrons. The summed E-state index contributed by atoms with van der Waals surface area (Å²) in [5.74, 6) is 0. The largest absolute Gasteiger partial charge is 0.354 e. The molecule has 1 aliphatic rings. The Hall–Kier alpha value is -0.870. The van der Waals surface area contributed by atoms with Crippen LogP contribution in [-0.4, -0.2) is 29.5 Å². The predicted octanol–water partition coefficient (Wildman–Crippen LogP) is 0.00150. The number of nitrogens with zero attached hydrogens (tertiary/aromatic N) is 2. The van der Waals surface area contributed by atoms with Crippen molar-refractivity contribution < 1.29 is 4.74 Å². The lowest BCUT2D eigenvalue weighted by molar-refractivity contribution is -0.0271. The molecular formula is C7H11N3O. The van der Waals surface area contributed by atoms with Crippen LogP contribution in [0.25, 0.3) is 0 Å². The molecule has 0 aliphatic carbocycles. The second-order valence-corrected chi connectivity index (χ2v) is 2.52. The number of aromatic nitrogens is 2. The van der Waals surface area contributed by atoms with Crippen LogP contribution < -0.4 is 5.32 Å². The molecule has 1 aliphatic heterocycles. The summed E-state index contributed by atoms with van der Waals surface area (Å²) in [7, 11) is 0. The minimum Gasteiger partial charge on any atom is -0.354 e. The fourth-order valence-electron chi connectivity index (χ4n) is 1.17. The van der Waals surface area contributed by atoms with Gasteiger partial charge in [0.2, 0.25) is 0 Å². The quantitative estimate of drug-likeness (QED) is 0.617. The van der Waals surface area contributed by atoms with E-state index < -0.39 is 0 Å². The first kappa shape index (κ1) is 6.82. The Balaban J connectivity index is 2.04. The summed E-state index contributed by atoms with van der Waals surface area (Å²) in [5, 5.41) is 7.33. The van der Waals surface area contributed by atoms with Crippen molar-refractivity contribution in [1.29, 1.82) is 0 Å². The molecule has 1 aromatic heterocycles. The monoisotopic (exact) mass is 153 g/mol. The van der Waals surface area contributed by atoms with E-state index in [-0.39, 0.29) is 6.23 Å². The van der Waals surface area contributed by atoms with Crippen molar-refractivity contribution >= 4 is 0 Å². The molecule has 1 fully saturated rings. The van der Waals surface area contributed by atoms with Gasteiger partial charge in [0.25, 0.3) is 0 Å². The van der Waals surface area contributed by atoms with Gasteiger partial charge in [-0.3, -0.25) is 0 Å². The number of hydrogen-bond acceptors (Lipinski definition) is 3. The van der Waals surface area contributed by atoms with E-state index in [1.54, 1.807) is 6.20 Å². The standard InChI is InChI=1S/C7H11N3O/c1-2-9-10(4-1)7-6-8-3-5-11-7/h1-2,4,7-8H,3,5-6H2. The number of ether oxygens (including phenoxy) is 1. The predicted molar refractivity (Wildman–Crippen MR) is 40.1 cm³/mol. The highest BCUT2D eigenvalue weighted by atomic mass is 16.5. The highest BCUT2D eigenvalue weighted by molar-refractivity contribution is 4.80. The van der Waals surface area contributed by atoms with Gasteiger partial charge in [-0.1, -0.05) is 0 Å². The van der Waals surface area contributed by atoms with E-state index >= 15 is 0 Å². The fraction of sp³-hybridized carbons (Fsp3) is 0.571. The van der Waals surface area contributed by atoms with Crippen molar-refractivity contribution in [3.63, 3.8) is 0 Å². The van der Waals surface area contributed by atoms with Crippen LogP contribution in [0.4, 0.5) is 0 Å². The average molecular weight is 153 g/mol. The van der Waals surface area contributed by atoms with Crippen molar-refractivity contribution in [3.05, 3.63) is 18.5 Å². The number of hydrogen-bond donors (Lipinski definition) is 1. The van der Waals surface area contributed by atoms with Gasteiger partial charge in [-0.05, 0) is 6.07 Å². The summed E-state index contributed by atoms with van der Waals surface area (Å²) in [6.07, 6.45) is 3.76. The van der Waals surface area contributed by atoms with Gasteiger partial charge in [0.1, 0.15) is 0 Å². The summed E-state index contributed by atoms with van der Waals surface area (Å²) < 4.78 is 7.29. The van der Waals surface area contributed by atoms with Crippen LogP contribution in [0.5, 0.6) is 0 Å². The third-order valence-corrected chi connectivity index (χ3v) is 1.73. The molecule has 1 atom stereocenters. The summed E-state index contributed by atoms with van der Waals surface area (Å²) in [4.78, 5) is 0. The number of nitrogens with one attached hydrogen (secondary N) is 1. The molecule has 0 amide bonds. The highest BCUT2D eigenvalue weighted by Crippen LogP contribution is 2.07. The Bertz CT molecular complexity index is 203. The van der Waals surface area contributed by atoms with Gasteiger partial charge >= 0.3 is 0 Å². The Labute approximate surface area is 65.2 Å². The molecule has 0 bridgehead atoms. The first-order valence-corrected chi connectivity index (χ1v) is 3.78. The van der Waals surface area contributed by atoms with E-state index in [1.807, 2.05) is 16.9 Å². The molecule has 0 spiro atoms. The van der Waals surface area contributed by atoms with Gasteiger partial charge in [0.05, 0.1) is 6.61 Å². The van der Waals surface area contributed by atoms with Crippen LogP contribution in [0.2, 0.25) is 0 Å². The van der Waals surface area contributed by atoms with Crippen molar-refractivity contribution in [3.8, 4) is 0 Å². The fourth-order valence-corrected chi connectivity index (χ4v) is 1.17. The molecule has 0 radical (unpaired) electrons. The first-order chi connectivity index (χ1) is 5.47. The average Bonchev–Trinajstić information content (AvgIpc) is 2.58. The normalized spacial score (nSPS) is 25.3. The second kappa shape index (κ2) is 3.02. The molecule has 1 aromatic rings. The summed E-state index contributed by atoms with van der Waals surface area (Å²) in [5.41, 5.74) is 0. The third kappa shape index (κ3) is 1.41. The van der Waals surface area contributed by atoms with Crippen LogP contribution in [0, 0.1) is 0 Å².